The summed E-state index contributed by atoms with van der Waals surface area (Å²) in [6.07, 6.45) is 2.30. The number of rotatable bonds is 6. The summed E-state index contributed by atoms with van der Waals surface area (Å²) in [6.45, 7) is 2.04. The molecule has 24 heavy (non-hydrogen) atoms. The second kappa shape index (κ2) is 7.08. The molecule has 2 N–H and O–H groups in total. The monoisotopic (exact) mass is 321 g/mol. The number of aromatic amines is 1. The molecule has 0 saturated carbocycles. The van der Waals surface area contributed by atoms with Crippen molar-refractivity contribution < 1.29 is 9.59 Å². The predicted molar refractivity (Wildman–Crippen MR) is 94.1 cm³/mol. The molecule has 5 nitrogen and oxygen atoms in total. The fraction of sp³-hybridized carbons (Fsp3) is 0.211. The SMILES string of the molecule is CCCCC(=O)Nc1nc2ccc(C(=O)c3ccccc3)cc2[nH]1. The van der Waals surface area contributed by atoms with Gasteiger partial charge in [-0.25, -0.2) is 4.98 Å². The molecule has 122 valence electrons. The van der Waals surface area contributed by atoms with Crippen LogP contribution in [-0.4, -0.2) is 21.7 Å². The molecule has 3 aromatic rings. The molecule has 0 unspecified atom stereocenters. The van der Waals surface area contributed by atoms with Gasteiger partial charge in [0, 0.05) is 17.5 Å². The number of hydrogen-bond acceptors (Lipinski definition) is 3. The Morgan fingerprint density at radius 2 is 1.88 bits per heavy atom. The minimum absolute atomic E-state index is 0.0411. The van der Waals surface area contributed by atoms with Gasteiger partial charge in [0.2, 0.25) is 11.9 Å². The lowest BCUT2D eigenvalue weighted by atomic mass is 10.0. The van der Waals surface area contributed by atoms with Gasteiger partial charge in [0.1, 0.15) is 0 Å². The molecule has 0 atom stereocenters. The number of H-pyrrole nitrogens is 1. The van der Waals surface area contributed by atoms with Crippen LogP contribution in [0, 0.1) is 0 Å². The van der Waals surface area contributed by atoms with E-state index in [4.69, 9.17) is 0 Å². The molecule has 3 rings (SSSR count). The molecule has 0 aliphatic heterocycles. The van der Waals surface area contributed by atoms with Gasteiger partial charge >= 0.3 is 0 Å². The fourth-order valence-electron chi connectivity index (χ4n) is 2.50. The van der Waals surface area contributed by atoms with E-state index >= 15 is 0 Å². The lowest BCUT2D eigenvalue weighted by Gasteiger charge is -2.00. The van der Waals surface area contributed by atoms with Crippen LogP contribution in [0.2, 0.25) is 0 Å². The van der Waals surface area contributed by atoms with Crippen LogP contribution in [0.4, 0.5) is 5.95 Å². The van der Waals surface area contributed by atoms with Gasteiger partial charge in [-0.15, -0.1) is 0 Å². The van der Waals surface area contributed by atoms with Crippen molar-refractivity contribution >= 4 is 28.7 Å². The third kappa shape index (κ3) is 3.51. The number of ketones is 1. The molecule has 1 heterocycles. The Hall–Kier alpha value is -2.95. The fourth-order valence-corrected chi connectivity index (χ4v) is 2.50. The zero-order chi connectivity index (χ0) is 16.9. The first-order chi connectivity index (χ1) is 11.7. The first-order valence-electron chi connectivity index (χ1n) is 8.06. The van der Waals surface area contributed by atoms with Crippen molar-refractivity contribution in [2.45, 2.75) is 26.2 Å². The summed E-state index contributed by atoms with van der Waals surface area (Å²) < 4.78 is 0. The molecule has 2 aromatic carbocycles. The van der Waals surface area contributed by atoms with Gasteiger partial charge in [0.15, 0.2) is 5.78 Å². The number of fused-ring (bicyclic) bond motifs is 1. The van der Waals surface area contributed by atoms with Crippen LogP contribution >= 0.6 is 0 Å². The van der Waals surface area contributed by atoms with Crippen LogP contribution in [0.3, 0.4) is 0 Å². The third-order valence-electron chi connectivity index (χ3n) is 3.80. The van der Waals surface area contributed by atoms with Gasteiger partial charge in [0.05, 0.1) is 11.0 Å². The number of anilines is 1. The number of benzene rings is 2. The van der Waals surface area contributed by atoms with Crippen molar-refractivity contribution in [2.75, 3.05) is 5.32 Å². The van der Waals surface area contributed by atoms with Gasteiger partial charge < -0.3 is 4.98 Å². The van der Waals surface area contributed by atoms with E-state index in [2.05, 4.69) is 15.3 Å². The molecule has 0 bridgehead atoms. The summed E-state index contributed by atoms with van der Waals surface area (Å²) in [5, 5.41) is 2.76. The van der Waals surface area contributed by atoms with Crippen molar-refractivity contribution in [3.63, 3.8) is 0 Å². The molecule has 5 heteroatoms. The average molecular weight is 321 g/mol. The molecular formula is C19H19N3O2. The van der Waals surface area contributed by atoms with Crippen LogP contribution in [0.1, 0.15) is 42.1 Å². The highest BCUT2D eigenvalue weighted by molar-refractivity contribution is 6.10. The van der Waals surface area contributed by atoms with E-state index in [1.165, 1.54) is 0 Å². The van der Waals surface area contributed by atoms with Crippen molar-refractivity contribution in [3.05, 3.63) is 59.7 Å². The van der Waals surface area contributed by atoms with Gasteiger partial charge in [-0.3, -0.25) is 14.9 Å². The number of imidazole rings is 1. The van der Waals surface area contributed by atoms with Crippen LogP contribution in [0.5, 0.6) is 0 Å². The van der Waals surface area contributed by atoms with Crippen LogP contribution in [0.15, 0.2) is 48.5 Å². The largest absolute Gasteiger partial charge is 0.324 e. The first kappa shape index (κ1) is 15.9. The number of unbranched alkanes of at least 4 members (excludes halogenated alkanes) is 1. The van der Waals surface area contributed by atoms with Crippen molar-refractivity contribution in [1.29, 1.82) is 0 Å². The molecular weight excluding hydrogens is 302 g/mol. The Balaban J connectivity index is 1.81. The lowest BCUT2D eigenvalue weighted by molar-refractivity contribution is -0.116. The summed E-state index contributed by atoms with van der Waals surface area (Å²) >= 11 is 0. The number of nitrogens with one attached hydrogen (secondary N) is 2. The van der Waals surface area contributed by atoms with Gasteiger partial charge in [0.25, 0.3) is 0 Å². The maximum atomic E-state index is 12.5. The number of hydrogen-bond donors (Lipinski definition) is 2. The Morgan fingerprint density at radius 3 is 2.62 bits per heavy atom. The van der Waals surface area contributed by atoms with Crippen molar-refractivity contribution in [2.24, 2.45) is 0 Å². The molecule has 0 aliphatic rings. The van der Waals surface area contributed by atoms with E-state index in [0.717, 1.165) is 18.4 Å². The summed E-state index contributed by atoms with van der Waals surface area (Å²) in [7, 11) is 0. The zero-order valence-corrected chi connectivity index (χ0v) is 13.5. The molecule has 1 aromatic heterocycles. The number of amides is 1. The topological polar surface area (TPSA) is 74.8 Å². The highest BCUT2D eigenvalue weighted by Gasteiger charge is 2.12. The van der Waals surface area contributed by atoms with Crippen LogP contribution < -0.4 is 5.32 Å². The number of aromatic nitrogens is 2. The summed E-state index contributed by atoms with van der Waals surface area (Å²) in [5.41, 5.74) is 2.67. The van der Waals surface area contributed by atoms with Gasteiger partial charge in [-0.2, -0.15) is 0 Å². The highest BCUT2D eigenvalue weighted by Crippen LogP contribution is 2.18. The Morgan fingerprint density at radius 1 is 1.08 bits per heavy atom. The molecule has 0 radical (unpaired) electrons. The Labute approximate surface area is 140 Å². The smallest absolute Gasteiger partial charge is 0.226 e. The number of carbonyl (C=O) groups is 2. The van der Waals surface area contributed by atoms with Crippen LogP contribution in [0.25, 0.3) is 11.0 Å². The van der Waals surface area contributed by atoms with E-state index in [1.54, 1.807) is 30.3 Å². The Kier molecular flexibility index (Phi) is 4.70. The van der Waals surface area contributed by atoms with E-state index in [9.17, 15) is 9.59 Å². The predicted octanol–water partition coefficient (Wildman–Crippen LogP) is 3.92. The summed E-state index contributed by atoms with van der Waals surface area (Å²) in [6, 6.07) is 14.4. The van der Waals surface area contributed by atoms with Crippen molar-refractivity contribution in [3.8, 4) is 0 Å². The maximum Gasteiger partial charge on any atom is 0.226 e. The third-order valence-corrected chi connectivity index (χ3v) is 3.80. The normalized spacial score (nSPS) is 10.7. The minimum Gasteiger partial charge on any atom is -0.324 e. The van der Waals surface area contributed by atoms with E-state index < -0.39 is 0 Å². The minimum atomic E-state index is -0.0588. The standard InChI is InChI=1S/C19H19N3O2/c1-2-3-9-17(23)22-19-20-15-11-10-14(12-16(15)21-19)18(24)13-7-5-4-6-8-13/h4-8,10-12H,2-3,9H2,1H3,(H2,20,21,22,23). The molecule has 0 saturated heterocycles. The molecule has 1 amide bonds. The van der Waals surface area contributed by atoms with Crippen molar-refractivity contribution in [1.82, 2.24) is 9.97 Å². The average Bonchev–Trinajstić information content (AvgIpc) is 3.01. The summed E-state index contributed by atoms with van der Waals surface area (Å²) in [4.78, 5) is 31.7. The maximum absolute atomic E-state index is 12.5. The molecule has 0 fully saturated rings. The lowest BCUT2D eigenvalue weighted by Crippen LogP contribution is -2.11. The van der Waals surface area contributed by atoms with Gasteiger partial charge in [-0.1, -0.05) is 43.7 Å². The molecule has 0 aliphatic carbocycles. The van der Waals surface area contributed by atoms with E-state index in [0.29, 0.717) is 29.0 Å². The van der Waals surface area contributed by atoms with Gasteiger partial charge in [-0.05, 0) is 24.6 Å². The number of carbonyl (C=O) groups excluding carboxylic acids is 2. The highest BCUT2D eigenvalue weighted by atomic mass is 16.1. The summed E-state index contributed by atoms with van der Waals surface area (Å²) in [5.74, 6) is 0.313. The van der Waals surface area contributed by atoms with E-state index in [-0.39, 0.29) is 11.7 Å². The van der Waals surface area contributed by atoms with Crippen LogP contribution in [-0.2, 0) is 4.79 Å². The number of nitrogens with zero attached hydrogens (tertiary/aromatic N) is 1. The second-order valence-electron chi connectivity index (χ2n) is 5.66. The zero-order valence-electron chi connectivity index (χ0n) is 13.5. The quantitative estimate of drug-likeness (QED) is 0.676. The Bertz CT molecular complexity index is 869. The second-order valence-corrected chi connectivity index (χ2v) is 5.66. The van der Waals surface area contributed by atoms with E-state index in [1.807, 2.05) is 25.1 Å². The molecule has 0 spiro atoms. The first-order valence-corrected chi connectivity index (χ1v) is 8.06.